The van der Waals surface area contributed by atoms with Crippen LogP contribution in [0.2, 0.25) is 0 Å². The Morgan fingerprint density at radius 1 is 1.47 bits per heavy atom. The lowest BCUT2D eigenvalue weighted by molar-refractivity contribution is 0.100. The number of hydrogen-bond acceptors (Lipinski definition) is 4. The fourth-order valence-electron chi connectivity index (χ4n) is 1.05. The van der Waals surface area contributed by atoms with Crippen LogP contribution in [-0.2, 0) is 0 Å². The molecule has 2 heterocycles. The Hall–Kier alpha value is -2.44. The lowest BCUT2D eigenvalue weighted by Crippen LogP contribution is -2.21. The molecule has 0 unspecified atom stereocenters. The van der Waals surface area contributed by atoms with Crippen LogP contribution in [0.3, 0.4) is 0 Å². The maximum absolute atomic E-state index is 11.5. The van der Waals surface area contributed by atoms with Crippen LogP contribution >= 0.6 is 0 Å². The molecule has 7 nitrogen and oxygen atoms in total. The second-order valence-corrected chi connectivity index (χ2v) is 2.77. The summed E-state index contributed by atoms with van der Waals surface area (Å²) in [7, 11) is 0. The van der Waals surface area contributed by atoms with Crippen LogP contribution in [0.1, 0.15) is 20.8 Å². The SMILES string of the molecule is O=Cc1c[nH]c(C(=O)Nn2cnnc2)c1. The molecule has 0 saturated heterocycles. The Labute approximate surface area is 84.1 Å². The van der Waals surface area contributed by atoms with Gasteiger partial charge in [0.05, 0.1) is 0 Å². The largest absolute Gasteiger partial charge is 0.356 e. The number of nitrogens with one attached hydrogen (secondary N) is 2. The number of hydrogen-bond donors (Lipinski definition) is 2. The minimum absolute atomic E-state index is 0.297. The first-order valence-electron chi connectivity index (χ1n) is 4.09. The Kier molecular flexibility index (Phi) is 2.28. The first-order valence-corrected chi connectivity index (χ1v) is 4.09. The van der Waals surface area contributed by atoms with Crippen molar-refractivity contribution in [1.82, 2.24) is 19.9 Å². The standard InChI is InChI=1S/C8H7N5O2/c14-3-6-1-7(9-2-6)8(15)12-13-4-10-11-5-13/h1-5,9H,(H,12,15). The summed E-state index contributed by atoms with van der Waals surface area (Å²) in [4.78, 5) is 24.6. The molecule has 0 aliphatic heterocycles. The summed E-state index contributed by atoms with van der Waals surface area (Å²) in [5, 5.41) is 7.04. The Bertz CT molecular complexity index is 473. The van der Waals surface area contributed by atoms with Gasteiger partial charge in [-0.05, 0) is 6.07 Å². The Morgan fingerprint density at radius 3 is 2.80 bits per heavy atom. The summed E-state index contributed by atoms with van der Waals surface area (Å²) in [6, 6.07) is 1.45. The predicted octanol–water partition coefficient (Wildman–Crippen LogP) is -0.197. The van der Waals surface area contributed by atoms with E-state index < -0.39 is 0 Å². The number of aldehydes is 1. The minimum Gasteiger partial charge on any atom is -0.356 e. The van der Waals surface area contributed by atoms with Gasteiger partial charge < -0.3 is 4.98 Å². The molecule has 7 heteroatoms. The Morgan fingerprint density at radius 2 is 2.20 bits per heavy atom. The lowest BCUT2D eigenvalue weighted by atomic mass is 10.3. The van der Waals surface area contributed by atoms with Crippen molar-refractivity contribution in [3.05, 3.63) is 36.2 Å². The van der Waals surface area contributed by atoms with Crippen LogP contribution in [0.15, 0.2) is 24.9 Å². The molecule has 0 radical (unpaired) electrons. The lowest BCUT2D eigenvalue weighted by Gasteiger charge is -2.01. The highest BCUT2D eigenvalue weighted by atomic mass is 16.2. The number of amides is 1. The van der Waals surface area contributed by atoms with E-state index in [9.17, 15) is 9.59 Å². The van der Waals surface area contributed by atoms with Crippen molar-refractivity contribution in [3.8, 4) is 0 Å². The van der Waals surface area contributed by atoms with E-state index in [2.05, 4.69) is 20.6 Å². The van der Waals surface area contributed by atoms with Crippen LogP contribution in [-0.4, -0.2) is 32.1 Å². The molecule has 0 saturated carbocycles. The average Bonchev–Trinajstić information content (AvgIpc) is 2.86. The van der Waals surface area contributed by atoms with Crippen molar-refractivity contribution in [2.24, 2.45) is 0 Å². The van der Waals surface area contributed by atoms with Crippen LogP contribution in [0.25, 0.3) is 0 Å². The summed E-state index contributed by atoms with van der Waals surface area (Å²) in [6.45, 7) is 0. The molecule has 76 valence electrons. The van der Waals surface area contributed by atoms with Gasteiger partial charge in [0.2, 0.25) is 0 Å². The smallest absolute Gasteiger partial charge is 0.286 e. The van der Waals surface area contributed by atoms with Crippen molar-refractivity contribution in [2.45, 2.75) is 0 Å². The quantitative estimate of drug-likeness (QED) is 0.679. The molecule has 2 rings (SSSR count). The monoisotopic (exact) mass is 205 g/mol. The number of aromatic amines is 1. The molecule has 2 N–H and O–H groups in total. The van der Waals surface area contributed by atoms with Crippen molar-refractivity contribution >= 4 is 12.2 Å². The number of carbonyl (C=O) groups excluding carboxylic acids is 2. The van der Waals surface area contributed by atoms with Gasteiger partial charge in [0.25, 0.3) is 5.91 Å². The molecule has 2 aromatic rings. The van der Waals surface area contributed by atoms with Gasteiger partial charge in [-0.3, -0.25) is 15.0 Å². The summed E-state index contributed by atoms with van der Waals surface area (Å²) in [5.74, 6) is -0.372. The van der Waals surface area contributed by atoms with Gasteiger partial charge in [-0.25, -0.2) is 4.68 Å². The number of aromatic nitrogens is 4. The summed E-state index contributed by atoms with van der Waals surface area (Å²) < 4.78 is 1.31. The highest BCUT2D eigenvalue weighted by Gasteiger charge is 2.08. The third-order valence-electron chi connectivity index (χ3n) is 1.74. The van der Waals surface area contributed by atoms with Gasteiger partial charge in [-0.2, -0.15) is 0 Å². The van der Waals surface area contributed by atoms with Crippen LogP contribution in [0, 0.1) is 0 Å². The zero-order chi connectivity index (χ0) is 10.7. The number of nitrogens with zero attached hydrogens (tertiary/aromatic N) is 3. The maximum Gasteiger partial charge on any atom is 0.286 e. The molecule has 0 aliphatic rings. The van der Waals surface area contributed by atoms with Crippen LogP contribution < -0.4 is 5.43 Å². The maximum atomic E-state index is 11.5. The zero-order valence-electron chi connectivity index (χ0n) is 7.54. The molecule has 15 heavy (non-hydrogen) atoms. The van der Waals surface area contributed by atoms with Gasteiger partial charge in [-0.15, -0.1) is 10.2 Å². The molecule has 2 aromatic heterocycles. The fourth-order valence-corrected chi connectivity index (χ4v) is 1.05. The van der Waals surface area contributed by atoms with Crippen LogP contribution in [0.4, 0.5) is 0 Å². The van der Waals surface area contributed by atoms with Crippen molar-refractivity contribution in [1.29, 1.82) is 0 Å². The van der Waals surface area contributed by atoms with Gasteiger partial charge in [-0.1, -0.05) is 0 Å². The fraction of sp³-hybridized carbons (Fsp3) is 0. The molecule has 0 bridgehead atoms. The van der Waals surface area contributed by atoms with E-state index in [0.717, 1.165) is 0 Å². The highest BCUT2D eigenvalue weighted by molar-refractivity contribution is 5.99. The molecule has 0 aromatic carbocycles. The van der Waals surface area contributed by atoms with E-state index >= 15 is 0 Å². The van der Waals surface area contributed by atoms with Crippen molar-refractivity contribution in [2.75, 3.05) is 5.43 Å². The van der Waals surface area contributed by atoms with Crippen molar-refractivity contribution < 1.29 is 9.59 Å². The van der Waals surface area contributed by atoms with Gasteiger partial charge in [0.15, 0.2) is 6.29 Å². The van der Waals surface area contributed by atoms with E-state index in [0.29, 0.717) is 17.5 Å². The molecule has 0 aliphatic carbocycles. The Balaban J connectivity index is 2.11. The zero-order valence-corrected chi connectivity index (χ0v) is 7.54. The minimum atomic E-state index is -0.372. The summed E-state index contributed by atoms with van der Waals surface area (Å²) in [5.41, 5.74) is 3.20. The van der Waals surface area contributed by atoms with Gasteiger partial charge in [0, 0.05) is 11.8 Å². The summed E-state index contributed by atoms with van der Waals surface area (Å²) >= 11 is 0. The second kappa shape index (κ2) is 3.74. The van der Waals surface area contributed by atoms with E-state index in [1.807, 2.05) is 0 Å². The average molecular weight is 205 g/mol. The molecule has 0 fully saturated rings. The first kappa shape index (κ1) is 9.13. The first-order chi connectivity index (χ1) is 7.29. The third kappa shape index (κ3) is 1.90. The van der Waals surface area contributed by atoms with Gasteiger partial charge in [0.1, 0.15) is 18.3 Å². The number of carbonyl (C=O) groups is 2. The van der Waals surface area contributed by atoms with Crippen LogP contribution in [0.5, 0.6) is 0 Å². The summed E-state index contributed by atoms with van der Waals surface area (Å²) in [6.07, 6.45) is 4.81. The molecular formula is C8H7N5O2. The molecular weight excluding hydrogens is 198 g/mol. The molecule has 1 amide bonds. The number of rotatable bonds is 3. The van der Waals surface area contributed by atoms with E-state index in [1.165, 1.54) is 29.6 Å². The highest BCUT2D eigenvalue weighted by Crippen LogP contribution is 2.00. The molecule has 0 atom stereocenters. The molecule has 0 spiro atoms. The van der Waals surface area contributed by atoms with E-state index in [1.54, 1.807) is 0 Å². The van der Waals surface area contributed by atoms with E-state index in [4.69, 9.17) is 0 Å². The van der Waals surface area contributed by atoms with Crippen molar-refractivity contribution in [3.63, 3.8) is 0 Å². The third-order valence-corrected chi connectivity index (χ3v) is 1.74. The second-order valence-electron chi connectivity index (χ2n) is 2.77. The number of H-pyrrole nitrogens is 1. The van der Waals surface area contributed by atoms with E-state index in [-0.39, 0.29) is 5.91 Å². The normalized spacial score (nSPS) is 9.87. The van der Waals surface area contributed by atoms with Gasteiger partial charge >= 0.3 is 0 Å². The topological polar surface area (TPSA) is 92.7 Å². The predicted molar refractivity (Wildman–Crippen MR) is 49.9 cm³/mol.